The first kappa shape index (κ1) is 37.0. The Bertz CT molecular complexity index is 1250. The van der Waals surface area contributed by atoms with Crippen LogP contribution >= 0.6 is 0 Å². The molecule has 1 aromatic rings. The third-order valence-corrected chi connectivity index (χ3v) is 13.8. The van der Waals surface area contributed by atoms with Crippen molar-refractivity contribution in [3.63, 3.8) is 0 Å². The highest BCUT2D eigenvalue weighted by atomic mass is 28.4. The lowest BCUT2D eigenvalue weighted by Crippen LogP contribution is -2.60. The van der Waals surface area contributed by atoms with Crippen molar-refractivity contribution in [1.82, 2.24) is 20.4 Å². The van der Waals surface area contributed by atoms with Crippen LogP contribution in [-0.2, 0) is 34.9 Å². The summed E-state index contributed by atoms with van der Waals surface area (Å²) in [5, 5.41) is 15.5. The normalized spacial score (nSPS) is 21.2. The van der Waals surface area contributed by atoms with Crippen LogP contribution in [0.25, 0.3) is 0 Å². The minimum absolute atomic E-state index is 0.0194. The summed E-state index contributed by atoms with van der Waals surface area (Å²) < 4.78 is 11.6. The Morgan fingerprint density at radius 3 is 2.11 bits per heavy atom. The molecule has 13 nitrogen and oxygen atoms in total. The lowest BCUT2D eigenvalue weighted by Gasteiger charge is -2.40. The number of nitrogens with zero attached hydrogens (tertiary/aromatic N) is 2. The molecule has 3 rings (SSSR count). The highest BCUT2D eigenvalue weighted by molar-refractivity contribution is 6.74. The first-order valence-corrected chi connectivity index (χ1v) is 18.9. The minimum Gasteiger partial charge on any atom is -0.445 e. The maximum Gasteiger partial charge on any atom is 0.408 e. The van der Waals surface area contributed by atoms with Crippen molar-refractivity contribution >= 4 is 38.0 Å². The van der Waals surface area contributed by atoms with Gasteiger partial charge in [0, 0.05) is 13.1 Å². The van der Waals surface area contributed by atoms with Gasteiger partial charge in [0.05, 0.1) is 12.2 Å². The first-order chi connectivity index (χ1) is 21.4. The van der Waals surface area contributed by atoms with E-state index in [0.717, 1.165) is 5.56 Å². The number of carbonyl (C=O) groups excluding carboxylic acids is 5. The molecule has 2 fully saturated rings. The molecule has 2 aliphatic rings. The zero-order valence-corrected chi connectivity index (χ0v) is 29.1. The maximum atomic E-state index is 13.9. The van der Waals surface area contributed by atoms with E-state index >= 15 is 0 Å². The van der Waals surface area contributed by atoms with Gasteiger partial charge < -0.3 is 40.4 Å². The molecule has 0 spiro atoms. The van der Waals surface area contributed by atoms with Gasteiger partial charge in [-0.05, 0) is 63.2 Å². The van der Waals surface area contributed by atoms with Crippen molar-refractivity contribution < 1.29 is 38.2 Å². The van der Waals surface area contributed by atoms with Gasteiger partial charge in [0.2, 0.25) is 23.6 Å². The first-order valence-electron chi connectivity index (χ1n) is 16.0. The zero-order valence-electron chi connectivity index (χ0n) is 28.1. The summed E-state index contributed by atoms with van der Waals surface area (Å²) in [5.41, 5.74) is 6.45. The van der Waals surface area contributed by atoms with E-state index < -0.39 is 74.4 Å². The van der Waals surface area contributed by atoms with Crippen molar-refractivity contribution in [3.8, 4) is 0 Å². The fourth-order valence-electron chi connectivity index (χ4n) is 5.62. The van der Waals surface area contributed by atoms with E-state index in [9.17, 15) is 29.1 Å². The van der Waals surface area contributed by atoms with E-state index in [2.05, 4.69) is 31.4 Å². The van der Waals surface area contributed by atoms with E-state index in [0.29, 0.717) is 32.2 Å². The average molecular weight is 662 g/mol. The summed E-state index contributed by atoms with van der Waals surface area (Å²) in [6, 6.07) is 4.85. The summed E-state index contributed by atoms with van der Waals surface area (Å²) in [6.45, 7) is 13.9. The molecule has 2 heterocycles. The number of ether oxygens (including phenoxy) is 1. The maximum absolute atomic E-state index is 13.9. The SMILES string of the molecule is C[C@@H](O)[C@H](NC(=O)OCc1ccccc1)C(=O)N1CCC[C@H]1C(=O)N1CCC[C@H]1C(=O)N[C@H](C(N)=O)[C@@H](C)O[Si](C)(C)C(C)(C)C. The molecule has 0 radical (unpaired) electrons. The highest BCUT2D eigenvalue weighted by Gasteiger charge is 2.46. The molecule has 2 aliphatic heterocycles. The van der Waals surface area contributed by atoms with Crippen LogP contribution in [0.3, 0.4) is 0 Å². The summed E-state index contributed by atoms with van der Waals surface area (Å²) in [7, 11) is -2.29. The number of hydrogen-bond donors (Lipinski definition) is 4. The van der Waals surface area contributed by atoms with Gasteiger partial charge >= 0.3 is 6.09 Å². The quantitative estimate of drug-likeness (QED) is 0.246. The zero-order chi connectivity index (χ0) is 34.4. The largest absolute Gasteiger partial charge is 0.445 e. The third-order valence-electron chi connectivity index (χ3n) is 9.25. The van der Waals surface area contributed by atoms with E-state index in [1.807, 2.05) is 19.2 Å². The van der Waals surface area contributed by atoms with Gasteiger partial charge in [0.15, 0.2) is 8.32 Å². The molecule has 5 N–H and O–H groups in total. The fourth-order valence-corrected chi connectivity index (χ4v) is 7.04. The van der Waals surface area contributed by atoms with Crippen LogP contribution in [0.15, 0.2) is 30.3 Å². The van der Waals surface area contributed by atoms with Crippen molar-refractivity contribution in [2.75, 3.05) is 13.1 Å². The van der Waals surface area contributed by atoms with Crippen LogP contribution in [0.5, 0.6) is 0 Å². The molecule has 0 aromatic heterocycles. The van der Waals surface area contributed by atoms with Crippen LogP contribution in [-0.4, -0.2) is 102 Å². The average Bonchev–Trinajstić information content (AvgIpc) is 3.67. The molecule has 256 valence electrons. The van der Waals surface area contributed by atoms with Gasteiger partial charge in [-0.1, -0.05) is 51.1 Å². The van der Waals surface area contributed by atoms with Gasteiger partial charge in [-0.15, -0.1) is 0 Å². The lowest BCUT2D eigenvalue weighted by molar-refractivity contribution is -0.148. The molecular weight excluding hydrogens is 610 g/mol. The number of alkyl carbamates (subject to hydrolysis) is 1. The number of amides is 5. The van der Waals surface area contributed by atoms with Crippen LogP contribution in [0.2, 0.25) is 18.1 Å². The number of nitrogens with one attached hydrogen (secondary N) is 2. The Hall–Kier alpha value is -3.49. The number of likely N-dealkylation sites (tertiary alicyclic amines) is 2. The number of hydrogen-bond acceptors (Lipinski definition) is 8. The summed E-state index contributed by atoms with van der Waals surface area (Å²) >= 11 is 0. The molecular formula is C32H51N5O8Si. The number of aliphatic hydroxyl groups is 1. The van der Waals surface area contributed by atoms with E-state index in [1.165, 1.54) is 16.7 Å². The van der Waals surface area contributed by atoms with Crippen LogP contribution in [0.4, 0.5) is 4.79 Å². The van der Waals surface area contributed by atoms with Gasteiger partial charge in [0.25, 0.3) is 0 Å². The number of carbonyl (C=O) groups is 5. The molecule has 0 bridgehead atoms. The van der Waals surface area contributed by atoms with Gasteiger partial charge in [-0.3, -0.25) is 19.2 Å². The summed E-state index contributed by atoms with van der Waals surface area (Å²) in [5.74, 6) is -2.27. The van der Waals surface area contributed by atoms with Crippen molar-refractivity contribution in [3.05, 3.63) is 35.9 Å². The van der Waals surface area contributed by atoms with E-state index in [1.54, 1.807) is 31.2 Å². The predicted octanol–water partition coefficient (Wildman–Crippen LogP) is 2.02. The second-order valence-corrected chi connectivity index (χ2v) is 18.5. The number of rotatable bonds is 12. The number of aliphatic hydroxyl groups excluding tert-OH is 1. The van der Waals surface area contributed by atoms with Gasteiger partial charge in [0.1, 0.15) is 30.8 Å². The number of nitrogens with two attached hydrogens (primary N) is 1. The Balaban J connectivity index is 1.68. The van der Waals surface area contributed by atoms with Crippen LogP contribution < -0.4 is 16.4 Å². The van der Waals surface area contributed by atoms with Crippen molar-refractivity contribution in [2.24, 2.45) is 5.73 Å². The Morgan fingerprint density at radius 1 is 0.957 bits per heavy atom. The summed E-state index contributed by atoms with van der Waals surface area (Å²) in [6.07, 6.45) is -0.984. The topological polar surface area (TPSA) is 181 Å². The third kappa shape index (κ3) is 9.07. The molecule has 5 amide bonds. The molecule has 1 aromatic carbocycles. The van der Waals surface area contributed by atoms with E-state index in [4.69, 9.17) is 14.9 Å². The van der Waals surface area contributed by atoms with Crippen LogP contribution in [0, 0.1) is 0 Å². The molecule has 0 aliphatic carbocycles. The van der Waals surface area contributed by atoms with Crippen molar-refractivity contribution in [2.45, 2.75) is 121 Å². The molecule has 2 saturated heterocycles. The van der Waals surface area contributed by atoms with Gasteiger partial charge in [-0.2, -0.15) is 0 Å². The second kappa shape index (κ2) is 15.4. The Labute approximate surface area is 272 Å². The number of benzene rings is 1. The molecule has 46 heavy (non-hydrogen) atoms. The summed E-state index contributed by atoms with van der Waals surface area (Å²) in [4.78, 5) is 68.8. The predicted molar refractivity (Wildman–Crippen MR) is 174 cm³/mol. The molecule has 0 unspecified atom stereocenters. The van der Waals surface area contributed by atoms with E-state index in [-0.39, 0.29) is 18.2 Å². The fraction of sp³-hybridized carbons (Fsp3) is 0.656. The highest BCUT2D eigenvalue weighted by Crippen LogP contribution is 2.37. The molecule has 14 heteroatoms. The van der Waals surface area contributed by atoms with Crippen molar-refractivity contribution in [1.29, 1.82) is 0 Å². The standard InChI is InChI=1S/C32H51N5O8Si/c1-20(38)25(35-31(43)44-19-22-13-9-8-10-14-22)30(42)37-18-12-16-24(37)29(41)36-17-11-15-23(36)28(40)34-26(27(33)39)21(2)45-46(6,7)32(3,4)5/h8-10,13-14,20-21,23-26,38H,11-12,15-19H2,1-7H3,(H2,33,39)(H,34,40)(H,35,43)/t20-,21-,23+,24+,25+,26+/m1/s1. The van der Waals surface area contributed by atoms with Crippen LogP contribution in [0.1, 0.15) is 65.9 Å². The molecule has 6 atom stereocenters. The molecule has 0 saturated carbocycles. The monoisotopic (exact) mass is 661 g/mol. The minimum atomic E-state index is -2.29. The van der Waals surface area contributed by atoms with Gasteiger partial charge in [-0.25, -0.2) is 4.79 Å². The number of primary amides is 1. The Morgan fingerprint density at radius 2 is 1.54 bits per heavy atom. The smallest absolute Gasteiger partial charge is 0.408 e. The Kier molecular flexibility index (Phi) is 12.4. The lowest BCUT2D eigenvalue weighted by atomic mass is 10.1. The second-order valence-electron chi connectivity index (χ2n) is 13.8.